The number of nitrogen functional groups attached to an aromatic ring is 1. The monoisotopic (exact) mass is 575 g/mol. The number of imidazole rings is 1. The second-order valence-electron chi connectivity index (χ2n) is 9.78. The standard InChI is InChI=1S/C22H31FN5O10P/c1-10(2)21(31)38-17-13(8-35-39(32)33-6-12(7-34-39)5-14(29)36-11(3)4)37-20(15(17)23)28-9-25-16-18(28)26-22(24)27-19(16)30/h9-13,15,17,20H,5-8H2,1-4H3,(H3,24,26,27,30)/t12?,13-,15+,17-,20-,39?/m1/s1. The first-order valence-electron chi connectivity index (χ1n) is 12.3. The molecule has 39 heavy (non-hydrogen) atoms. The quantitative estimate of drug-likeness (QED) is 0.324. The maximum atomic E-state index is 15.7. The lowest BCUT2D eigenvalue weighted by atomic mass is 10.1. The van der Waals surface area contributed by atoms with Gasteiger partial charge >= 0.3 is 19.8 Å². The zero-order valence-electron chi connectivity index (χ0n) is 21.8. The van der Waals surface area contributed by atoms with Crippen molar-refractivity contribution in [1.82, 2.24) is 19.5 Å². The Morgan fingerprint density at radius 2 is 1.97 bits per heavy atom. The number of nitrogens with one attached hydrogen (secondary N) is 1. The van der Waals surface area contributed by atoms with Gasteiger partial charge in [-0.25, -0.2) is 13.9 Å². The molecule has 0 saturated carbocycles. The molecule has 0 aliphatic carbocycles. The van der Waals surface area contributed by atoms with Crippen molar-refractivity contribution < 1.29 is 46.3 Å². The number of fused-ring (bicyclic) bond motifs is 1. The van der Waals surface area contributed by atoms with Gasteiger partial charge in [0.1, 0.15) is 6.10 Å². The topological polar surface area (TPSA) is 196 Å². The summed E-state index contributed by atoms with van der Waals surface area (Å²) >= 11 is 0. The first-order chi connectivity index (χ1) is 18.4. The van der Waals surface area contributed by atoms with Gasteiger partial charge < -0.3 is 19.9 Å². The van der Waals surface area contributed by atoms with Crippen LogP contribution in [0.3, 0.4) is 0 Å². The molecule has 0 amide bonds. The highest BCUT2D eigenvalue weighted by Gasteiger charge is 2.50. The Balaban J connectivity index is 1.46. The van der Waals surface area contributed by atoms with Crippen LogP contribution in [0.25, 0.3) is 11.2 Å². The smallest absolute Gasteiger partial charge is 0.463 e. The summed E-state index contributed by atoms with van der Waals surface area (Å²) in [6, 6.07) is 0. The SMILES string of the molecule is CC(C)OC(=O)CC1COP(=O)(OC[C@H]2O[C@@H](n3cnc4c(=O)[nH]c(N)nc43)[C@@H](F)[C@@H]2OC(=O)C(C)C)OC1. The van der Waals surface area contributed by atoms with Gasteiger partial charge in [0.2, 0.25) is 5.95 Å². The number of carbonyl (C=O) groups excluding carboxylic acids is 2. The van der Waals surface area contributed by atoms with Crippen LogP contribution in [0.4, 0.5) is 10.3 Å². The lowest BCUT2D eigenvalue weighted by Crippen LogP contribution is -2.37. The molecule has 3 N–H and O–H groups in total. The predicted molar refractivity (Wildman–Crippen MR) is 131 cm³/mol. The van der Waals surface area contributed by atoms with Crippen LogP contribution in [-0.4, -0.2) is 75.8 Å². The summed E-state index contributed by atoms with van der Waals surface area (Å²) in [6.45, 7) is 5.86. The zero-order valence-corrected chi connectivity index (χ0v) is 22.7. The van der Waals surface area contributed by atoms with Crippen molar-refractivity contribution in [3.8, 4) is 0 Å². The lowest BCUT2D eigenvalue weighted by Gasteiger charge is -2.29. The molecule has 2 aromatic rings. The predicted octanol–water partition coefficient (Wildman–Crippen LogP) is 1.63. The third-order valence-electron chi connectivity index (χ3n) is 5.87. The fourth-order valence-corrected chi connectivity index (χ4v) is 5.31. The fourth-order valence-electron chi connectivity index (χ4n) is 3.98. The van der Waals surface area contributed by atoms with Crippen molar-refractivity contribution in [2.45, 2.75) is 64.8 Å². The molecule has 4 heterocycles. The van der Waals surface area contributed by atoms with Crippen molar-refractivity contribution in [3.63, 3.8) is 0 Å². The van der Waals surface area contributed by atoms with Gasteiger partial charge in [0.05, 0.1) is 44.6 Å². The molecule has 216 valence electrons. The van der Waals surface area contributed by atoms with Crippen LogP contribution in [0.1, 0.15) is 40.3 Å². The Morgan fingerprint density at radius 1 is 1.28 bits per heavy atom. The van der Waals surface area contributed by atoms with Crippen LogP contribution in [0.15, 0.2) is 11.1 Å². The molecule has 2 fully saturated rings. The number of hydrogen-bond acceptors (Lipinski definition) is 13. The van der Waals surface area contributed by atoms with Gasteiger partial charge in [-0.2, -0.15) is 4.98 Å². The lowest BCUT2D eigenvalue weighted by molar-refractivity contribution is -0.159. The number of esters is 2. The van der Waals surface area contributed by atoms with E-state index in [1.54, 1.807) is 27.7 Å². The molecule has 4 rings (SSSR count). The molecule has 2 aliphatic heterocycles. The Hall–Kier alpha value is -2.91. The zero-order chi connectivity index (χ0) is 28.5. The molecule has 0 spiro atoms. The Labute approximate surface area is 222 Å². The maximum absolute atomic E-state index is 15.7. The summed E-state index contributed by atoms with van der Waals surface area (Å²) in [5.41, 5.74) is 4.85. The summed E-state index contributed by atoms with van der Waals surface area (Å²) in [7, 11) is -4.09. The number of H-pyrrole nitrogens is 1. The largest absolute Gasteiger partial charge is 0.474 e. The Kier molecular flexibility index (Phi) is 8.71. The Morgan fingerprint density at radius 3 is 2.62 bits per heavy atom. The number of phosphoric ester groups is 1. The van der Waals surface area contributed by atoms with E-state index in [1.165, 1.54) is 0 Å². The van der Waals surface area contributed by atoms with Gasteiger partial charge in [-0.05, 0) is 13.8 Å². The molecule has 2 aromatic heterocycles. The van der Waals surface area contributed by atoms with Crippen LogP contribution in [0.2, 0.25) is 0 Å². The number of nitrogens with two attached hydrogens (primary N) is 1. The average molecular weight is 575 g/mol. The molecular weight excluding hydrogens is 544 g/mol. The minimum Gasteiger partial charge on any atom is -0.463 e. The number of hydrogen-bond donors (Lipinski definition) is 2. The van der Waals surface area contributed by atoms with E-state index >= 15 is 4.39 Å². The van der Waals surface area contributed by atoms with Gasteiger partial charge in [-0.3, -0.25) is 37.5 Å². The van der Waals surface area contributed by atoms with Gasteiger partial charge in [0.25, 0.3) is 5.56 Å². The summed E-state index contributed by atoms with van der Waals surface area (Å²) in [5.74, 6) is -2.33. The minimum atomic E-state index is -4.09. The molecule has 17 heteroatoms. The third kappa shape index (κ3) is 6.64. The number of anilines is 1. The van der Waals surface area contributed by atoms with Crippen molar-refractivity contribution in [3.05, 3.63) is 16.7 Å². The molecule has 0 unspecified atom stereocenters. The highest BCUT2D eigenvalue weighted by Crippen LogP contribution is 2.53. The number of ether oxygens (including phenoxy) is 3. The molecule has 0 radical (unpaired) electrons. The molecule has 0 aromatic carbocycles. The van der Waals surface area contributed by atoms with E-state index in [0.717, 1.165) is 10.9 Å². The van der Waals surface area contributed by atoms with Gasteiger partial charge in [0, 0.05) is 5.92 Å². The highest BCUT2D eigenvalue weighted by molar-refractivity contribution is 7.48. The van der Waals surface area contributed by atoms with E-state index in [4.69, 9.17) is 33.5 Å². The number of carbonyl (C=O) groups is 2. The van der Waals surface area contributed by atoms with Crippen LogP contribution in [-0.2, 0) is 41.9 Å². The van der Waals surface area contributed by atoms with E-state index in [2.05, 4.69) is 15.0 Å². The van der Waals surface area contributed by atoms with Gasteiger partial charge in [0.15, 0.2) is 29.7 Å². The summed E-state index contributed by atoms with van der Waals surface area (Å²) in [5, 5.41) is 0. The van der Waals surface area contributed by atoms with E-state index in [1.807, 2.05) is 0 Å². The summed E-state index contributed by atoms with van der Waals surface area (Å²) in [6.07, 6.45) is -5.24. The Bertz CT molecular complexity index is 1300. The molecular formula is C22H31FN5O10P. The van der Waals surface area contributed by atoms with E-state index in [9.17, 15) is 18.9 Å². The number of phosphoric acid groups is 1. The van der Waals surface area contributed by atoms with Crippen molar-refractivity contribution >= 4 is 36.9 Å². The van der Waals surface area contributed by atoms with Crippen molar-refractivity contribution in [2.75, 3.05) is 25.6 Å². The van der Waals surface area contributed by atoms with E-state index < -0.39 is 68.4 Å². The molecule has 4 atom stereocenters. The number of nitrogens with zero attached hydrogens (tertiary/aromatic N) is 3. The number of alkyl halides is 1. The molecule has 2 aliphatic rings. The summed E-state index contributed by atoms with van der Waals surface area (Å²) < 4.78 is 62.0. The van der Waals surface area contributed by atoms with Crippen LogP contribution < -0.4 is 11.3 Å². The second kappa shape index (κ2) is 11.7. The molecule has 2 saturated heterocycles. The first kappa shape index (κ1) is 29.1. The van der Waals surface area contributed by atoms with Gasteiger partial charge in [-0.15, -0.1) is 0 Å². The van der Waals surface area contributed by atoms with E-state index in [-0.39, 0.29) is 42.9 Å². The fraction of sp³-hybridized carbons (Fsp3) is 0.682. The summed E-state index contributed by atoms with van der Waals surface area (Å²) in [4.78, 5) is 46.6. The average Bonchev–Trinajstić information content (AvgIpc) is 3.40. The van der Waals surface area contributed by atoms with Crippen LogP contribution in [0, 0.1) is 11.8 Å². The minimum absolute atomic E-state index is 0.00258. The number of aromatic nitrogens is 4. The van der Waals surface area contributed by atoms with Crippen LogP contribution >= 0.6 is 7.82 Å². The second-order valence-corrected chi connectivity index (χ2v) is 11.5. The molecule has 15 nitrogen and oxygen atoms in total. The van der Waals surface area contributed by atoms with Crippen LogP contribution in [0.5, 0.6) is 0 Å². The van der Waals surface area contributed by atoms with E-state index in [0.29, 0.717) is 0 Å². The number of halogens is 1. The highest BCUT2D eigenvalue weighted by atomic mass is 31.2. The third-order valence-corrected chi connectivity index (χ3v) is 7.27. The number of aromatic amines is 1. The maximum Gasteiger partial charge on any atom is 0.474 e. The molecule has 0 bridgehead atoms. The normalized spacial score (nSPS) is 29.3. The number of rotatable bonds is 9. The first-order valence-corrected chi connectivity index (χ1v) is 13.8. The van der Waals surface area contributed by atoms with Crippen molar-refractivity contribution in [1.29, 1.82) is 0 Å². The van der Waals surface area contributed by atoms with Crippen molar-refractivity contribution in [2.24, 2.45) is 11.8 Å². The van der Waals surface area contributed by atoms with Gasteiger partial charge in [-0.1, -0.05) is 13.8 Å².